The Morgan fingerprint density at radius 1 is 1.13 bits per heavy atom. The number of nitrogens with two attached hydrogens (primary N) is 1. The molecule has 0 fully saturated rings. The van der Waals surface area contributed by atoms with E-state index in [1.807, 2.05) is 5.32 Å². The first-order chi connectivity index (χ1) is 10.6. The summed E-state index contributed by atoms with van der Waals surface area (Å²) in [5.74, 6) is -2.61. The molecule has 3 N–H and O–H groups in total. The lowest BCUT2D eigenvalue weighted by molar-refractivity contribution is -0.137. The predicted octanol–water partition coefficient (Wildman–Crippen LogP) is 4.79. The van der Waals surface area contributed by atoms with Gasteiger partial charge in [0.2, 0.25) is 0 Å². The highest BCUT2D eigenvalue weighted by molar-refractivity contribution is 6.34. The van der Waals surface area contributed by atoms with Crippen molar-refractivity contribution in [3.05, 3.63) is 52.6 Å². The number of carbonyl (C=O) groups is 1. The van der Waals surface area contributed by atoms with Gasteiger partial charge in [0, 0.05) is 16.8 Å². The van der Waals surface area contributed by atoms with Crippen LogP contribution in [0.3, 0.4) is 0 Å². The van der Waals surface area contributed by atoms with E-state index in [0.29, 0.717) is 6.07 Å². The van der Waals surface area contributed by atoms with Crippen LogP contribution < -0.4 is 11.1 Å². The second-order valence-corrected chi connectivity index (χ2v) is 4.85. The molecule has 0 atom stereocenters. The van der Waals surface area contributed by atoms with E-state index in [0.717, 1.165) is 24.3 Å². The van der Waals surface area contributed by atoms with Gasteiger partial charge in [0.15, 0.2) is 11.6 Å². The van der Waals surface area contributed by atoms with Gasteiger partial charge in [0.1, 0.15) is 0 Å². The van der Waals surface area contributed by atoms with Crippen molar-refractivity contribution in [2.24, 2.45) is 5.73 Å². The van der Waals surface area contributed by atoms with Gasteiger partial charge in [-0.1, -0.05) is 23.7 Å². The van der Waals surface area contributed by atoms with E-state index in [1.54, 1.807) is 0 Å². The number of amides is 2. The van der Waals surface area contributed by atoms with Gasteiger partial charge in [-0.15, -0.1) is 0 Å². The van der Waals surface area contributed by atoms with Crippen molar-refractivity contribution in [2.75, 3.05) is 5.32 Å². The summed E-state index contributed by atoms with van der Waals surface area (Å²) in [6, 6.07) is 3.39. The zero-order chi connectivity index (χ0) is 17.4. The summed E-state index contributed by atoms with van der Waals surface area (Å²) < 4.78 is 66.3. The van der Waals surface area contributed by atoms with Gasteiger partial charge in [-0.3, -0.25) is 0 Å². The summed E-state index contributed by atoms with van der Waals surface area (Å²) in [5.41, 5.74) is 2.29. The van der Waals surface area contributed by atoms with E-state index in [1.165, 1.54) is 0 Å². The first-order valence-corrected chi connectivity index (χ1v) is 6.40. The Morgan fingerprint density at radius 3 is 2.35 bits per heavy atom. The Morgan fingerprint density at radius 2 is 1.78 bits per heavy atom. The molecule has 0 bridgehead atoms. The van der Waals surface area contributed by atoms with Crippen LogP contribution in [0, 0.1) is 11.6 Å². The molecule has 9 heteroatoms. The van der Waals surface area contributed by atoms with E-state index in [4.69, 9.17) is 17.3 Å². The molecule has 122 valence electrons. The Kier molecular flexibility index (Phi) is 4.46. The van der Waals surface area contributed by atoms with Crippen molar-refractivity contribution in [3.8, 4) is 11.1 Å². The number of carbonyl (C=O) groups excluding carboxylic acids is 1. The minimum absolute atomic E-state index is 0.354. The molecule has 0 saturated carbocycles. The number of hydrogen-bond donors (Lipinski definition) is 2. The number of anilines is 1. The molecular formula is C14H8ClF5N2O. The van der Waals surface area contributed by atoms with Gasteiger partial charge in [0.25, 0.3) is 0 Å². The minimum atomic E-state index is -4.87. The predicted molar refractivity (Wildman–Crippen MR) is 75.0 cm³/mol. The quantitative estimate of drug-likeness (QED) is 0.751. The molecule has 0 aliphatic rings. The van der Waals surface area contributed by atoms with Crippen LogP contribution in [0.1, 0.15) is 5.56 Å². The van der Waals surface area contributed by atoms with E-state index in [9.17, 15) is 26.7 Å². The van der Waals surface area contributed by atoms with Gasteiger partial charge < -0.3 is 11.1 Å². The van der Waals surface area contributed by atoms with Crippen molar-refractivity contribution in [1.82, 2.24) is 0 Å². The molecule has 23 heavy (non-hydrogen) atoms. The van der Waals surface area contributed by atoms with Crippen LogP contribution in [0.25, 0.3) is 11.1 Å². The Hall–Kier alpha value is -2.35. The number of nitrogens with one attached hydrogen (secondary N) is 1. The molecule has 0 aromatic heterocycles. The maximum atomic E-state index is 13.9. The van der Waals surface area contributed by atoms with Crippen LogP contribution in [-0.2, 0) is 6.18 Å². The summed E-state index contributed by atoms with van der Waals surface area (Å²) in [4.78, 5) is 10.8. The summed E-state index contributed by atoms with van der Waals surface area (Å²) in [6.07, 6.45) is -4.87. The molecule has 0 aliphatic carbocycles. The third-order valence-electron chi connectivity index (χ3n) is 2.89. The number of rotatable bonds is 2. The lowest BCUT2D eigenvalue weighted by Crippen LogP contribution is -2.20. The van der Waals surface area contributed by atoms with Crippen molar-refractivity contribution in [2.45, 2.75) is 6.18 Å². The summed E-state index contributed by atoms with van der Waals surface area (Å²) in [5, 5.41) is 1.13. The van der Waals surface area contributed by atoms with E-state index in [-0.39, 0.29) is 5.69 Å². The molecule has 2 amide bonds. The second-order valence-electron chi connectivity index (χ2n) is 4.47. The number of benzene rings is 2. The fraction of sp³-hybridized carbons (Fsp3) is 0.0714. The number of urea groups is 1. The van der Waals surface area contributed by atoms with Gasteiger partial charge in [-0.25, -0.2) is 13.6 Å². The van der Waals surface area contributed by atoms with Crippen molar-refractivity contribution >= 4 is 23.3 Å². The fourth-order valence-electron chi connectivity index (χ4n) is 1.95. The lowest BCUT2D eigenvalue weighted by atomic mass is 10.0. The average molecular weight is 351 g/mol. The molecule has 0 heterocycles. The number of halogens is 6. The van der Waals surface area contributed by atoms with Crippen LogP contribution in [-0.4, -0.2) is 6.03 Å². The van der Waals surface area contributed by atoms with Gasteiger partial charge >= 0.3 is 12.2 Å². The third-order valence-corrected chi connectivity index (χ3v) is 3.29. The zero-order valence-electron chi connectivity index (χ0n) is 11.1. The summed E-state index contributed by atoms with van der Waals surface area (Å²) >= 11 is 5.71. The highest BCUT2D eigenvalue weighted by Crippen LogP contribution is 2.42. The number of alkyl halides is 3. The maximum Gasteiger partial charge on any atom is 0.417 e. The molecule has 0 radical (unpaired) electrons. The molecule has 0 aliphatic heterocycles. The molecule has 2 rings (SSSR count). The fourth-order valence-corrected chi connectivity index (χ4v) is 2.27. The molecule has 0 unspecified atom stereocenters. The molecule has 2 aromatic carbocycles. The molecule has 2 aromatic rings. The number of hydrogen-bond acceptors (Lipinski definition) is 1. The number of primary amides is 1. The standard InChI is InChI=1S/C14H8ClF5N2O/c15-11-8(7-2-1-3-10(16)12(7)17)4-6(22-13(21)23)5-9(11)14(18,19)20/h1-5H,(H3,21,22,23). The second kappa shape index (κ2) is 6.04. The summed E-state index contributed by atoms with van der Waals surface area (Å²) in [7, 11) is 0. The normalized spacial score (nSPS) is 11.4. The van der Waals surface area contributed by atoms with Crippen LogP contribution >= 0.6 is 11.6 Å². The molecular weight excluding hydrogens is 343 g/mol. The zero-order valence-corrected chi connectivity index (χ0v) is 11.9. The smallest absolute Gasteiger partial charge is 0.351 e. The lowest BCUT2D eigenvalue weighted by Gasteiger charge is -2.16. The van der Waals surface area contributed by atoms with Crippen LogP contribution in [0.2, 0.25) is 5.02 Å². The van der Waals surface area contributed by atoms with Crippen molar-refractivity contribution < 1.29 is 26.7 Å². The van der Waals surface area contributed by atoms with E-state index < -0.39 is 45.6 Å². The van der Waals surface area contributed by atoms with Crippen LogP contribution in [0.15, 0.2) is 30.3 Å². The average Bonchev–Trinajstić information content (AvgIpc) is 2.42. The maximum absolute atomic E-state index is 13.9. The Bertz CT molecular complexity index is 776. The monoisotopic (exact) mass is 350 g/mol. The van der Waals surface area contributed by atoms with Crippen molar-refractivity contribution in [1.29, 1.82) is 0 Å². The topological polar surface area (TPSA) is 55.1 Å². The van der Waals surface area contributed by atoms with Crippen molar-refractivity contribution in [3.63, 3.8) is 0 Å². The van der Waals surface area contributed by atoms with E-state index in [2.05, 4.69) is 0 Å². The SMILES string of the molecule is NC(=O)Nc1cc(-c2cccc(F)c2F)c(Cl)c(C(F)(F)F)c1. The third kappa shape index (κ3) is 3.53. The molecule has 0 spiro atoms. The molecule has 0 saturated heterocycles. The summed E-state index contributed by atoms with van der Waals surface area (Å²) in [6.45, 7) is 0. The van der Waals surface area contributed by atoms with E-state index >= 15 is 0 Å². The minimum Gasteiger partial charge on any atom is -0.351 e. The van der Waals surface area contributed by atoms with Gasteiger partial charge in [-0.2, -0.15) is 13.2 Å². The van der Waals surface area contributed by atoms with Crippen LogP contribution in [0.5, 0.6) is 0 Å². The molecule has 3 nitrogen and oxygen atoms in total. The van der Waals surface area contributed by atoms with Gasteiger partial charge in [-0.05, 0) is 18.2 Å². The highest BCUT2D eigenvalue weighted by Gasteiger charge is 2.35. The first kappa shape index (κ1) is 17.0. The van der Waals surface area contributed by atoms with Crippen LogP contribution in [0.4, 0.5) is 32.4 Å². The first-order valence-electron chi connectivity index (χ1n) is 6.03. The largest absolute Gasteiger partial charge is 0.417 e. The Balaban J connectivity index is 2.76. The van der Waals surface area contributed by atoms with Gasteiger partial charge in [0.05, 0.1) is 10.6 Å². The Labute approximate surface area is 131 Å². The highest BCUT2D eigenvalue weighted by atomic mass is 35.5.